The lowest BCUT2D eigenvalue weighted by molar-refractivity contribution is 0.100. The average molecular weight is 248 g/mol. The summed E-state index contributed by atoms with van der Waals surface area (Å²) in [6.07, 6.45) is 0. The molecule has 0 amide bonds. The van der Waals surface area contributed by atoms with Crippen molar-refractivity contribution in [3.8, 4) is 17.0 Å². The second-order valence-corrected chi connectivity index (χ2v) is 3.96. The molecule has 1 aromatic carbocycles. The number of nitrogens with zero attached hydrogens (tertiary/aromatic N) is 1. The fraction of sp³-hybridized carbons (Fsp3) is 0.231. The molecule has 4 nitrogen and oxygen atoms in total. The summed E-state index contributed by atoms with van der Waals surface area (Å²) in [7, 11) is 1.41. The number of ether oxygens (including phenoxy) is 1. The van der Waals surface area contributed by atoms with Crippen LogP contribution in [0.3, 0.4) is 0 Å². The number of carbonyl (C=O) groups is 1. The van der Waals surface area contributed by atoms with Crippen molar-refractivity contribution in [2.45, 2.75) is 13.8 Å². The van der Waals surface area contributed by atoms with Crippen LogP contribution in [0.1, 0.15) is 23.2 Å². The van der Waals surface area contributed by atoms with Crippen LogP contribution < -0.4 is 4.74 Å². The summed E-state index contributed by atoms with van der Waals surface area (Å²) in [6, 6.07) is 4.58. The normalized spacial score (nSPS) is 10.4. The monoisotopic (exact) mass is 248 g/mol. The van der Waals surface area contributed by atoms with Crippen LogP contribution in [-0.2, 0) is 0 Å². The first-order chi connectivity index (χ1) is 8.52. The van der Waals surface area contributed by atoms with Crippen LogP contribution in [0.5, 0.6) is 5.75 Å². The number of carbonyl (C=O) groups excluding carboxylic acids is 1. The molecule has 0 aliphatic carbocycles. The minimum atomic E-state index is -0.457. The van der Waals surface area contributed by atoms with Gasteiger partial charge in [-0.15, -0.1) is 0 Å². The Hall–Kier alpha value is -2.17. The minimum Gasteiger partial charge on any atom is -0.494 e. The van der Waals surface area contributed by atoms with Crippen molar-refractivity contribution in [2.75, 3.05) is 7.11 Å². The smallest absolute Gasteiger partial charge is 0.195 e. The second-order valence-electron chi connectivity index (χ2n) is 3.96. The highest BCUT2D eigenvalue weighted by Crippen LogP contribution is 2.26. The van der Waals surface area contributed by atoms with E-state index in [1.54, 1.807) is 13.0 Å². The van der Waals surface area contributed by atoms with Gasteiger partial charge in [0.2, 0.25) is 0 Å². The van der Waals surface area contributed by atoms with E-state index in [0.717, 1.165) is 5.69 Å². The van der Waals surface area contributed by atoms with E-state index in [9.17, 15) is 9.18 Å². The van der Waals surface area contributed by atoms with Crippen molar-refractivity contribution in [2.24, 2.45) is 0 Å². The number of imidazole rings is 1. The third-order valence-corrected chi connectivity index (χ3v) is 2.64. The maximum absolute atomic E-state index is 13.6. The molecular weight excluding hydrogens is 235 g/mol. The van der Waals surface area contributed by atoms with Gasteiger partial charge in [0, 0.05) is 18.2 Å². The third-order valence-electron chi connectivity index (χ3n) is 2.64. The number of nitrogens with one attached hydrogen (secondary N) is 1. The van der Waals surface area contributed by atoms with Crippen molar-refractivity contribution >= 4 is 5.78 Å². The molecular formula is C13H13FN2O2. The molecule has 1 aromatic heterocycles. The highest BCUT2D eigenvalue weighted by molar-refractivity contribution is 5.91. The number of benzene rings is 1. The van der Waals surface area contributed by atoms with Gasteiger partial charge in [0.1, 0.15) is 0 Å². The van der Waals surface area contributed by atoms with Crippen LogP contribution in [0.2, 0.25) is 0 Å². The molecule has 0 radical (unpaired) electrons. The van der Waals surface area contributed by atoms with Gasteiger partial charge in [-0.1, -0.05) is 0 Å². The number of H-pyrrole nitrogens is 1. The minimum absolute atomic E-state index is 0.154. The van der Waals surface area contributed by atoms with E-state index in [-0.39, 0.29) is 17.4 Å². The van der Waals surface area contributed by atoms with Crippen molar-refractivity contribution < 1.29 is 13.9 Å². The van der Waals surface area contributed by atoms with E-state index >= 15 is 0 Å². The number of hydrogen-bond donors (Lipinski definition) is 1. The van der Waals surface area contributed by atoms with Gasteiger partial charge in [-0.25, -0.2) is 9.37 Å². The van der Waals surface area contributed by atoms with E-state index in [2.05, 4.69) is 9.97 Å². The van der Waals surface area contributed by atoms with Crippen LogP contribution in [0.25, 0.3) is 11.3 Å². The van der Waals surface area contributed by atoms with Crippen LogP contribution in [0, 0.1) is 12.7 Å². The predicted molar refractivity (Wildman–Crippen MR) is 65.3 cm³/mol. The fourth-order valence-corrected chi connectivity index (χ4v) is 1.72. The Morgan fingerprint density at radius 3 is 2.67 bits per heavy atom. The van der Waals surface area contributed by atoms with Crippen LogP contribution in [-0.4, -0.2) is 22.9 Å². The molecule has 0 unspecified atom stereocenters. The number of aromatic amines is 1. The molecule has 2 aromatic rings. The summed E-state index contributed by atoms with van der Waals surface area (Å²) >= 11 is 0. The molecule has 0 saturated heterocycles. The molecule has 1 N–H and O–H groups in total. The highest BCUT2D eigenvalue weighted by atomic mass is 19.1. The molecule has 0 saturated carbocycles. The van der Waals surface area contributed by atoms with Crippen molar-refractivity contribution in [1.29, 1.82) is 0 Å². The Bertz CT molecular complexity index is 605. The van der Waals surface area contributed by atoms with Gasteiger partial charge in [0.15, 0.2) is 23.2 Å². The van der Waals surface area contributed by atoms with Gasteiger partial charge in [-0.3, -0.25) is 4.79 Å². The maximum atomic E-state index is 13.6. The molecule has 94 valence electrons. The number of rotatable bonds is 3. The Morgan fingerprint density at radius 2 is 2.17 bits per heavy atom. The van der Waals surface area contributed by atoms with Crippen LogP contribution in [0.15, 0.2) is 18.2 Å². The maximum Gasteiger partial charge on any atom is 0.195 e. The molecule has 0 spiro atoms. The number of halogens is 1. The zero-order valence-corrected chi connectivity index (χ0v) is 10.4. The summed E-state index contributed by atoms with van der Waals surface area (Å²) in [5, 5.41) is 0. The topological polar surface area (TPSA) is 55.0 Å². The molecule has 1 heterocycles. The van der Waals surface area contributed by atoms with E-state index in [1.165, 1.54) is 26.2 Å². The lowest BCUT2D eigenvalue weighted by atomic mass is 10.1. The molecule has 0 aliphatic rings. The van der Waals surface area contributed by atoms with E-state index < -0.39 is 5.82 Å². The zero-order chi connectivity index (χ0) is 13.3. The lowest BCUT2D eigenvalue weighted by Gasteiger charge is -2.03. The number of hydrogen-bond acceptors (Lipinski definition) is 3. The molecule has 18 heavy (non-hydrogen) atoms. The molecule has 2 rings (SSSR count). The summed E-state index contributed by atoms with van der Waals surface area (Å²) < 4.78 is 18.5. The standard InChI is InChI=1S/C13H13FN2O2/c1-7-12(16-13(15-7)8(2)17)9-4-5-11(18-3)10(14)6-9/h4-6H,1-3H3,(H,15,16). The quantitative estimate of drug-likeness (QED) is 0.850. The van der Waals surface area contributed by atoms with Gasteiger partial charge in [0.05, 0.1) is 12.8 Å². The lowest BCUT2D eigenvalue weighted by Crippen LogP contribution is -1.94. The first kappa shape index (κ1) is 12.3. The van der Waals surface area contributed by atoms with E-state index in [0.29, 0.717) is 11.3 Å². The molecule has 0 bridgehead atoms. The van der Waals surface area contributed by atoms with Crippen molar-refractivity contribution in [3.63, 3.8) is 0 Å². The number of ketones is 1. The van der Waals surface area contributed by atoms with Crippen LogP contribution >= 0.6 is 0 Å². The van der Waals surface area contributed by atoms with Gasteiger partial charge < -0.3 is 9.72 Å². The van der Waals surface area contributed by atoms with E-state index in [4.69, 9.17) is 4.74 Å². The zero-order valence-electron chi connectivity index (χ0n) is 10.4. The largest absolute Gasteiger partial charge is 0.494 e. The molecule has 5 heteroatoms. The SMILES string of the molecule is COc1ccc(-c2nc(C(C)=O)[nH]c2C)cc1F. The first-order valence-corrected chi connectivity index (χ1v) is 5.44. The summed E-state index contributed by atoms with van der Waals surface area (Å²) in [5.41, 5.74) is 1.90. The summed E-state index contributed by atoms with van der Waals surface area (Å²) in [4.78, 5) is 18.3. The fourth-order valence-electron chi connectivity index (χ4n) is 1.72. The van der Waals surface area contributed by atoms with Crippen molar-refractivity contribution in [3.05, 3.63) is 35.5 Å². The van der Waals surface area contributed by atoms with Gasteiger partial charge >= 0.3 is 0 Å². The number of methoxy groups -OCH3 is 1. The Labute approximate surface area is 104 Å². The van der Waals surface area contributed by atoms with Gasteiger partial charge in [0.25, 0.3) is 0 Å². The highest BCUT2D eigenvalue weighted by Gasteiger charge is 2.13. The van der Waals surface area contributed by atoms with E-state index in [1.807, 2.05) is 0 Å². The number of Topliss-reactive ketones (excluding diaryl/α,β-unsaturated/α-hetero) is 1. The summed E-state index contributed by atoms with van der Waals surface area (Å²) in [5.74, 6) is -0.155. The Balaban J connectivity index is 2.48. The third kappa shape index (κ3) is 2.11. The predicted octanol–water partition coefficient (Wildman–Crippen LogP) is 2.74. The summed E-state index contributed by atoms with van der Waals surface area (Å²) in [6.45, 7) is 3.22. The van der Waals surface area contributed by atoms with Crippen LogP contribution in [0.4, 0.5) is 4.39 Å². The Kier molecular flexibility index (Phi) is 3.14. The molecule has 0 atom stereocenters. The van der Waals surface area contributed by atoms with Crippen molar-refractivity contribution in [1.82, 2.24) is 9.97 Å². The molecule has 0 aliphatic heterocycles. The van der Waals surface area contributed by atoms with Gasteiger partial charge in [-0.05, 0) is 25.1 Å². The first-order valence-electron chi connectivity index (χ1n) is 5.44. The number of aryl methyl sites for hydroxylation is 1. The Morgan fingerprint density at radius 1 is 1.44 bits per heavy atom. The average Bonchev–Trinajstić information content (AvgIpc) is 2.71. The molecule has 0 fully saturated rings. The number of aromatic nitrogens is 2. The second kappa shape index (κ2) is 4.60. The van der Waals surface area contributed by atoms with Gasteiger partial charge in [-0.2, -0.15) is 0 Å².